The largest absolute Gasteiger partial charge is 0.534 e. The van der Waals surface area contributed by atoms with Gasteiger partial charge in [-0.15, -0.1) is 0 Å². The van der Waals surface area contributed by atoms with Crippen molar-refractivity contribution >= 4 is 15.9 Å². The molecule has 0 aliphatic rings. The monoisotopic (exact) mass is 338 g/mol. The normalized spacial score (nSPS) is 14.1. The maximum atomic E-state index is 12.5. The molecule has 0 aromatic heterocycles. The first-order valence-corrected chi connectivity index (χ1v) is 6.28. The molecule has 1 rings (SSSR count). The van der Waals surface area contributed by atoms with Crippen molar-refractivity contribution in [2.45, 2.75) is 11.7 Å². The van der Waals surface area contributed by atoms with Gasteiger partial charge in [0.1, 0.15) is 6.33 Å². The van der Waals surface area contributed by atoms with Crippen LogP contribution >= 0.6 is 0 Å². The number of halogens is 7. The molecule has 1 aromatic rings. The van der Waals surface area contributed by atoms with Crippen LogP contribution < -0.4 is 0 Å². The van der Waals surface area contributed by atoms with Crippen LogP contribution in [0.4, 0.5) is 30.7 Å². The summed E-state index contributed by atoms with van der Waals surface area (Å²) in [6.07, 6.45) is -5.32. The van der Waals surface area contributed by atoms with Crippen LogP contribution in [0.3, 0.4) is 0 Å². The van der Waals surface area contributed by atoms with E-state index in [1.807, 2.05) is 0 Å². The highest BCUT2D eigenvalue weighted by atomic mass is 32.2. The minimum absolute atomic E-state index is 0.433. The highest BCUT2D eigenvalue weighted by Crippen LogP contribution is 2.32. The quantitative estimate of drug-likeness (QED) is 0.364. The van der Waals surface area contributed by atoms with E-state index >= 15 is 0 Å². The number of hydrogen-bond donors (Lipinski definition) is 0. The minimum atomic E-state index is -6.13. The van der Waals surface area contributed by atoms with Crippen molar-refractivity contribution in [1.29, 1.82) is 0 Å². The molecule has 0 unspecified atom stereocenters. The van der Waals surface area contributed by atoms with Crippen molar-refractivity contribution in [3.63, 3.8) is 0 Å². The van der Waals surface area contributed by atoms with Crippen molar-refractivity contribution in [3.05, 3.63) is 41.7 Å². The van der Waals surface area contributed by atoms with E-state index in [1.165, 1.54) is 0 Å². The third kappa shape index (κ3) is 4.09. The molecule has 1 aromatic carbocycles. The van der Waals surface area contributed by atoms with Crippen molar-refractivity contribution in [1.82, 2.24) is 0 Å². The van der Waals surface area contributed by atoms with Crippen LogP contribution in [-0.4, -0.2) is 13.9 Å². The zero-order chi connectivity index (χ0) is 16.5. The highest BCUT2D eigenvalue weighted by Gasteiger charge is 2.49. The Bertz CT molecular complexity index is 626. The molecule has 0 bridgehead atoms. The SMILES string of the molecule is O=S(=O)(O/C(=C\F)c1ccc(C(F)(F)F)cc1)C(F)(F)F. The summed E-state index contributed by atoms with van der Waals surface area (Å²) in [5.41, 5.74) is -7.56. The molecule has 0 amide bonds. The van der Waals surface area contributed by atoms with Crippen LogP contribution in [0.15, 0.2) is 30.6 Å². The summed E-state index contributed by atoms with van der Waals surface area (Å²) in [6.45, 7) is 0. The first-order chi connectivity index (χ1) is 9.38. The summed E-state index contributed by atoms with van der Waals surface area (Å²) < 4.78 is 110. The third-order valence-corrected chi connectivity index (χ3v) is 3.04. The summed E-state index contributed by atoms with van der Waals surface area (Å²) in [7, 11) is -6.13. The van der Waals surface area contributed by atoms with Crippen LogP contribution in [0.1, 0.15) is 11.1 Å². The maximum Gasteiger partial charge on any atom is 0.534 e. The van der Waals surface area contributed by atoms with Gasteiger partial charge in [-0.25, -0.2) is 4.39 Å². The lowest BCUT2D eigenvalue weighted by molar-refractivity contribution is -0.137. The number of rotatable bonds is 3. The lowest BCUT2D eigenvalue weighted by atomic mass is 10.1. The molecule has 0 saturated carbocycles. The first-order valence-electron chi connectivity index (χ1n) is 4.87. The number of benzene rings is 1. The highest BCUT2D eigenvalue weighted by molar-refractivity contribution is 7.87. The fourth-order valence-electron chi connectivity index (χ4n) is 1.12. The van der Waals surface area contributed by atoms with Crippen LogP contribution in [0.2, 0.25) is 0 Å². The fourth-order valence-corrected chi connectivity index (χ4v) is 1.58. The van der Waals surface area contributed by atoms with E-state index in [0.717, 1.165) is 0 Å². The molecule has 0 spiro atoms. The summed E-state index contributed by atoms with van der Waals surface area (Å²) >= 11 is 0. The Labute approximate surface area is 113 Å². The molecular formula is C10H5F7O3S. The molecule has 0 aliphatic carbocycles. The average Bonchev–Trinajstić information content (AvgIpc) is 2.33. The van der Waals surface area contributed by atoms with E-state index < -0.39 is 45.0 Å². The van der Waals surface area contributed by atoms with E-state index in [-0.39, 0.29) is 0 Å². The first kappa shape index (κ1) is 17.3. The zero-order valence-corrected chi connectivity index (χ0v) is 10.5. The van der Waals surface area contributed by atoms with Crippen LogP contribution in [0.25, 0.3) is 5.76 Å². The number of alkyl halides is 6. The van der Waals surface area contributed by atoms with Gasteiger partial charge >= 0.3 is 21.8 Å². The van der Waals surface area contributed by atoms with Gasteiger partial charge < -0.3 is 4.18 Å². The standard InChI is InChI=1S/C10H5F7O3S/c11-5-8(20-21(18,19)10(15,16)17)6-1-3-7(4-2-6)9(12,13)14/h1-5H/b8-5-. The van der Waals surface area contributed by atoms with Crippen molar-refractivity contribution in [2.75, 3.05) is 0 Å². The van der Waals surface area contributed by atoms with E-state index in [9.17, 15) is 39.2 Å². The molecule has 21 heavy (non-hydrogen) atoms. The zero-order valence-electron chi connectivity index (χ0n) is 9.67. The molecule has 0 N–H and O–H groups in total. The Kier molecular flexibility index (Phi) is 4.56. The molecule has 0 atom stereocenters. The summed E-state index contributed by atoms with van der Waals surface area (Å²) in [6, 6.07) is 2.01. The third-order valence-electron chi connectivity index (χ3n) is 2.08. The van der Waals surface area contributed by atoms with E-state index in [2.05, 4.69) is 4.18 Å². The second-order valence-corrected chi connectivity index (χ2v) is 5.07. The van der Waals surface area contributed by atoms with Gasteiger partial charge in [0, 0.05) is 5.56 Å². The van der Waals surface area contributed by atoms with Crippen molar-refractivity contribution in [2.24, 2.45) is 0 Å². The van der Waals surface area contributed by atoms with Gasteiger partial charge in [0.25, 0.3) is 0 Å². The Morgan fingerprint density at radius 3 is 1.81 bits per heavy atom. The molecule has 0 heterocycles. The summed E-state index contributed by atoms with van der Waals surface area (Å²) in [5, 5.41) is 0. The topological polar surface area (TPSA) is 43.4 Å². The van der Waals surface area contributed by atoms with Gasteiger partial charge in [0.2, 0.25) is 0 Å². The van der Waals surface area contributed by atoms with Crippen LogP contribution in [0.5, 0.6) is 0 Å². The molecule has 118 valence electrons. The number of hydrogen-bond acceptors (Lipinski definition) is 3. The Morgan fingerprint density at radius 1 is 1.00 bits per heavy atom. The molecule has 0 saturated heterocycles. The van der Waals surface area contributed by atoms with Gasteiger partial charge in [-0.1, -0.05) is 12.1 Å². The molecule has 0 radical (unpaired) electrons. The predicted molar refractivity (Wildman–Crippen MR) is 56.6 cm³/mol. The average molecular weight is 338 g/mol. The molecule has 3 nitrogen and oxygen atoms in total. The lowest BCUT2D eigenvalue weighted by Crippen LogP contribution is -2.25. The van der Waals surface area contributed by atoms with Gasteiger partial charge in [-0.05, 0) is 12.1 Å². The van der Waals surface area contributed by atoms with Gasteiger partial charge in [-0.3, -0.25) is 0 Å². The van der Waals surface area contributed by atoms with E-state index in [4.69, 9.17) is 0 Å². The minimum Gasteiger partial charge on any atom is -0.373 e. The second kappa shape index (κ2) is 5.54. The summed E-state index contributed by atoms with van der Waals surface area (Å²) in [5.74, 6) is -1.39. The maximum absolute atomic E-state index is 12.5. The smallest absolute Gasteiger partial charge is 0.373 e. The van der Waals surface area contributed by atoms with Gasteiger partial charge in [-0.2, -0.15) is 34.8 Å². The molecule has 11 heteroatoms. The lowest BCUT2D eigenvalue weighted by Gasteiger charge is -2.12. The van der Waals surface area contributed by atoms with Crippen molar-refractivity contribution < 1.29 is 43.3 Å². The summed E-state index contributed by atoms with van der Waals surface area (Å²) in [4.78, 5) is 0. The second-order valence-electron chi connectivity index (χ2n) is 3.53. The van der Waals surface area contributed by atoms with Gasteiger partial charge in [0.15, 0.2) is 5.76 Å². The molecule has 0 aliphatic heterocycles. The Balaban J connectivity index is 3.09. The van der Waals surface area contributed by atoms with Crippen molar-refractivity contribution in [3.8, 4) is 0 Å². The van der Waals surface area contributed by atoms with Crippen LogP contribution in [-0.2, 0) is 20.5 Å². The van der Waals surface area contributed by atoms with Gasteiger partial charge in [0.05, 0.1) is 5.56 Å². The Morgan fingerprint density at radius 2 is 1.48 bits per heavy atom. The molecular weight excluding hydrogens is 333 g/mol. The van der Waals surface area contributed by atoms with Crippen LogP contribution in [0, 0.1) is 0 Å². The van der Waals surface area contributed by atoms with E-state index in [1.54, 1.807) is 0 Å². The van der Waals surface area contributed by atoms with E-state index in [0.29, 0.717) is 24.3 Å². The Hall–Kier alpha value is -1.78. The predicted octanol–water partition coefficient (Wildman–Crippen LogP) is 3.84. The fraction of sp³-hybridized carbons (Fsp3) is 0.200. The molecule has 0 fully saturated rings.